The van der Waals surface area contributed by atoms with Gasteiger partial charge in [0.05, 0.1) is 22.5 Å². The minimum Gasteiger partial charge on any atom is -0.388 e. The molecule has 2 rings (SSSR count). The van der Waals surface area contributed by atoms with E-state index in [9.17, 15) is 5.11 Å². The third kappa shape index (κ3) is 3.17. The van der Waals surface area contributed by atoms with E-state index < -0.39 is 6.10 Å². The first kappa shape index (κ1) is 14.1. The Labute approximate surface area is 118 Å². The lowest BCUT2D eigenvalue weighted by atomic mass is 10.0. The molecule has 1 atom stereocenters. The number of aliphatic hydroxyl groups is 1. The Kier molecular flexibility index (Phi) is 4.61. The van der Waals surface area contributed by atoms with Crippen molar-refractivity contribution in [2.75, 3.05) is 0 Å². The van der Waals surface area contributed by atoms with Gasteiger partial charge in [-0.05, 0) is 32.3 Å². The summed E-state index contributed by atoms with van der Waals surface area (Å²) in [6.45, 7) is 4.75. The van der Waals surface area contributed by atoms with Crippen LogP contribution in [0.2, 0.25) is 5.02 Å². The SMILES string of the molecule is CCn1nc(C)c(Cl)c1CCC(O)c1ccccc1. The van der Waals surface area contributed by atoms with Crippen LogP contribution in [-0.4, -0.2) is 14.9 Å². The van der Waals surface area contributed by atoms with Gasteiger partial charge in [-0.1, -0.05) is 41.9 Å². The number of rotatable bonds is 5. The van der Waals surface area contributed by atoms with Crippen molar-refractivity contribution in [3.8, 4) is 0 Å². The number of nitrogens with zero attached hydrogens (tertiary/aromatic N) is 2. The molecule has 1 aromatic heterocycles. The second kappa shape index (κ2) is 6.22. The number of hydrogen-bond donors (Lipinski definition) is 1. The van der Waals surface area contributed by atoms with Crippen molar-refractivity contribution >= 4 is 11.6 Å². The molecule has 1 unspecified atom stereocenters. The van der Waals surface area contributed by atoms with E-state index in [1.54, 1.807) is 0 Å². The van der Waals surface area contributed by atoms with Gasteiger partial charge in [0.1, 0.15) is 0 Å². The molecule has 1 N–H and O–H groups in total. The minimum absolute atomic E-state index is 0.460. The van der Waals surface area contributed by atoms with Gasteiger partial charge in [0.25, 0.3) is 0 Å². The first-order valence-corrected chi connectivity index (χ1v) is 6.96. The molecule has 19 heavy (non-hydrogen) atoms. The van der Waals surface area contributed by atoms with Crippen molar-refractivity contribution in [3.05, 3.63) is 52.3 Å². The van der Waals surface area contributed by atoms with Crippen LogP contribution in [0.4, 0.5) is 0 Å². The first-order valence-electron chi connectivity index (χ1n) is 6.58. The molecule has 102 valence electrons. The molecule has 2 aromatic rings. The molecule has 4 heteroatoms. The Morgan fingerprint density at radius 2 is 2.00 bits per heavy atom. The van der Waals surface area contributed by atoms with Gasteiger partial charge in [-0.25, -0.2) is 0 Å². The number of aryl methyl sites for hydroxylation is 2. The Hall–Kier alpha value is -1.32. The number of halogens is 1. The zero-order chi connectivity index (χ0) is 13.8. The van der Waals surface area contributed by atoms with Gasteiger partial charge in [-0.15, -0.1) is 0 Å². The van der Waals surface area contributed by atoms with E-state index in [1.807, 2.05) is 48.9 Å². The predicted molar refractivity (Wildman–Crippen MR) is 77.4 cm³/mol. The van der Waals surface area contributed by atoms with Crippen LogP contribution in [0.15, 0.2) is 30.3 Å². The fourth-order valence-corrected chi connectivity index (χ4v) is 2.45. The van der Waals surface area contributed by atoms with Gasteiger partial charge in [0.2, 0.25) is 0 Å². The zero-order valence-electron chi connectivity index (χ0n) is 11.3. The molecular formula is C15H19ClN2O. The van der Waals surface area contributed by atoms with Crippen LogP contribution in [0, 0.1) is 6.92 Å². The summed E-state index contributed by atoms with van der Waals surface area (Å²) in [5, 5.41) is 15.3. The molecule has 0 bridgehead atoms. The van der Waals surface area contributed by atoms with Crippen molar-refractivity contribution in [2.45, 2.75) is 39.3 Å². The summed E-state index contributed by atoms with van der Waals surface area (Å²) in [6, 6.07) is 9.70. The Morgan fingerprint density at radius 3 is 2.63 bits per heavy atom. The summed E-state index contributed by atoms with van der Waals surface area (Å²) in [5.74, 6) is 0. The van der Waals surface area contributed by atoms with Crippen molar-refractivity contribution < 1.29 is 5.11 Å². The molecule has 0 aliphatic heterocycles. The monoisotopic (exact) mass is 278 g/mol. The molecule has 0 saturated carbocycles. The fraction of sp³-hybridized carbons (Fsp3) is 0.400. The van der Waals surface area contributed by atoms with E-state index in [-0.39, 0.29) is 0 Å². The summed E-state index contributed by atoms with van der Waals surface area (Å²) in [5.41, 5.74) is 2.81. The van der Waals surface area contributed by atoms with E-state index in [1.165, 1.54) is 0 Å². The van der Waals surface area contributed by atoms with Crippen molar-refractivity contribution in [1.82, 2.24) is 9.78 Å². The molecule has 0 fully saturated rings. The van der Waals surface area contributed by atoms with Crippen LogP contribution in [0.3, 0.4) is 0 Å². The maximum absolute atomic E-state index is 10.2. The summed E-state index contributed by atoms with van der Waals surface area (Å²) >= 11 is 6.26. The maximum Gasteiger partial charge on any atom is 0.0847 e. The highest BCUT2D eigenvalue weighted by Gasteiger charge is 2.14. The van der Waals surface area contributed by atoms with E-state index in [2.05, 4.69) is 5.10 Å². The second-order valence-electron chi connectivity index (χ2n) is 4.63. The topological polar surface area (TPSA) is 38.0 Å². The van der Waals surface area contributed by atoms with Crippen LogP contribution in [-0.2, 0) is 13.0 Å². The minimum atomic E-state index is -0.460. The lowest BCUT2D eigenvalue weighted by molar-refractivity contribution is 0.167. The van der Waals surface area contributed by atoms with Crippen LogP contribution < -0.4 is 0 Å². The quantitative estimate of drug-likeness (QED) is 0.909. The van der Waals surface area contributed by atoms with Crippen LogP contribution in [0.5, 0.6) is 0 Å². The second-order valence-corrected chi connectivity index (χ2v) is 5.00. The maximum atomic E-state index is 10.2. The van der Waals surface area contributed by atoms with Gasteiger partial charge in [0, 0.05) is 6.54 Å². The molecule has 0 aliphatic rings. The molecule has 0 radical (unpaired) electrons. The molecule has 0 aliphatic carbocycles. The Balaban J connectivity index is 2.07. The summed E-state index contributed by atoms with van der Waals surface area (Å²) in [7, 11) is 0. The number of aromatic nitrogens is 2. The molecular weight excluding hydrogens is 260 g/mol. The van der Waals surface area contributed by atoms with Gasteiger partial charge in [-0.2, -0.15) is 5.10 Å². The lowest BCUT2D eigenvalue weighted by Gasteiger charge is -2.11. The van der Waals surface area contributed by atoms with Gasteiger partial charge in [0.15, 0.2) is 0 Å². The summed E-state index contributed by atoms with van der Waals surface area (Å²) in [6.07, 6.45) is 0.913. The highest BCUT2D eigenvalue weighted by molar-refractivity contribution is 6.31. The average Bonchev–Trinajstić information content (AvgIpc) is 2.72. The number of hydrogen-bond acceptors (Lipinski definition) is 2. The Bertz CT molecular complexity index is 537. The fourth-order valence-electron chi connectivity index (χ4n) is 2.22. The summed E-state index contributed by atoms with van der Waals surface area (Å²) in [4.78, 5) is 0. The average molecular weight is 279 g/mol. The van der Waals surface area contributed by atoms with E-state index in [4.69, 9.17) is 11.6 Å². The lowest BCUT2D eigenvalue weighted by Crippen LogP contribution is -2.06. The molecule has 3 nitrogen and oxygen atoms in total. The highest BCUT2D eigenvalue weighted by Crippen LogP contribution is 2.25. The van der Waals surface area contributed by atoms with Crippen LogP contribution in [0.25, 0.3) is 0 Å². The zero-order valence-corrected chi connectivity index (χ0v) is 12.1. The predicted octanol–water partition coefficient (Wildman–Crippen LogP) is 3.53. The largest absolute Gasteiger partial charge is 0.388 e. The third-order valence-corrected chi connectivity index (χ3v) is 3.78. The summed E-state index contributed by atoms with van der Waals surface area (Å²) < 4.78 is 1.91. The number of benzene rings is 1. The molecule has 1 heterocycles. The van der Waals surface area contributed by atoms with Crippen molar-refractivity contribution in [2.24, 2.45) is 0 Å². The molecule has 0 spiro atoms. The van der Waals surface area contributed by atoms with Crippen LogP contribution in [0.1, 0.15) is 36.4 Å². The van der Waals surface area contributed by atoms with E-state index in [0.717, 1.165) is 34.9 Å². The van der Waals surface area contributed by atoms with Crippen molar-refractivity contribution in [1.29, 1.82) is 0 Å². The first-order chi connectivity index (χ1) is 9.13. The highest BCUT2D eigenvalue weighted by atomic mass is 35.5. The Morgan fingerprint density at radius 1 is 1.32 bits per heavy atom. The van der Waals surface area contributed by atoms with Gasteiger partial charge < -0.3 is 5.11 Å². The molecule has 0 amide bonds. The van der Waals surface area contributed by atoms with E-state index in [0.29, 0.717) is 6.42 Å². The standard InChI is InChI=1S/C15H19ClN2O/c1-3-18-13(15(16)11(2)17-18)9-10-14(19)12-7-5-4-6-8-12/h4-8,14,19H,3,9-10H2,1-2H3. The van der Waals surface area contributed by atoms with E-state index >= 15 is 0 Å². The van der Waals surface area contributed by atoms with Crippen molar-refractivity contribution in [3.63, 3.8) is 0 Å². The van der Waals surface area contributed by atoms with Crippen LogP contribution >= 0.6 is 11.6 Å². The number of aliphatic hydroxyl groups excluding tert-OH is 1. The van der Waals surface area contributed by atoms with Gasteiger partial charge >= 0.3 is 0 Å². The van der Waals surface area contributed by atoms with Gasteiger partial charge in [-0.3, -0.25) is 4.68 Å². The molecule has 0 saturated heterocycles. The third-order valence-electron chi connectivity index (χ3n) is 3.29. The normalized spacial score (nSPS) is 12.6. The molecule has 1 aromatic carbocycles. The smallest absolute Gasteiger partial charge is 0.0847 e.